The molecule has 0 unspecified atom stereocenters. The fourth-order valence-electron chi connectivity index (χ4n) is 3.07. The van der Waals surface area contributed by atoms with Gasteiger partial charge in [-0.2, -0.15) is 0 Å². The first kappa shape index (κ1) is 11.4. The molecule has 3 nitrogen and oxygen atoms in total. The van der Waals surface area contributed by atoms with E-state index in [1.807, 2.05) is 0 Å². The minimum Gasteiger partial charge on any atom is -0.391 e. The predicted octanol–water partition coefficient (Wildman–Crippen LogP) is 0.926. The molecule has 1 aliphatic heterocycles. The van der Waals surface area contributed by atoms with Crippen LogP contribution < -0.4 is 0 Å². The van der Waals surface area contributed by atoms with Crippen molar-refractivity contribution in [1.82, 2.24) is 9.80 Å². The maximum Gasteiger partial charge on any atom is 0.0695 e. The van der Waals surface area contributed by atoms with Crippen molar-refractivity contribution in [3.63, 3.8) is 0 Å². The van der Waals surface area contributed by atoms with E-state index in [1.165, 1.54) is 38.8 Å². The summed E-state index contributed by atoms with van der Waals surface area (Å²) in [6, 6.07) is 1.12. The molecule has 0 radical (unpaired) electrons. The normalized spacial score (nSPS) is 35.2. The van der Waals surface area contributed by atoms with Gasteiger partial charge in [0.15, 0.2) is 0 Å². The second-order valence-electron chi connectivity index (χ2n) is 5.27. The van der Waals surface area contributed by atoms with Gasteiger partial charge in [-0.25, -0.2) is 0 Å². The number of hydrogen-bond donors (Lipinski definition) is 1. The van der Waals surface area contributed by atoms with Crippen LogP contribution >= 0.6 is 0 Å². The fourth-order valence-corrected chi connectivity index (χ4v) is 3.07. The number of likely N-dealkylation sites (tertiary alicyclic amines) is 1. The Morgan fingerprint density at radius 1 is 1.13 bits per heavy atom. The first-order valence-electron chi connectivity index (χ1n) is 6.27. The Balaban J connectivity index is 1.87. The van der Waals surface area contributed by atoms with Gasteiger partial charge in [-0.05, 0) is 59.3 Å². The van der Waals surface area contributed by atoms with E-state index in [4.69, 9.17) is 0 Å². The van der Waals surface area contributed by atoms with E-state index >= 15 is 0 Å². The van der Waals surface area contributed by atoms with E-state index in [2.05, 4.69) is 23.9 Å². The van der Waals surface area contributed by atoms with Gasteiger partial charge in [0, 0.05) is 12.1 Å². The molecular formula is C12H24N2O. The number of nitrogens with zero attached hydrogens (tertiary/aromatic N) is 2. The van der Waals surface area contributed by atoms with Gasteiger partial charge in [-0.15, -0.1) is 0 Å². The smallest absolute Gasteiger partial charge is 0.0695 e. The molecule has 2 fully saturated rings. The van der Waals surface area contributed by atoms with Gasteiger partial charge in [0.25, 0.3) is 0 Å². The molecule has 1 heterocycles. The molecule has 15 heavy (non-hydrogen) atoms. The molecule has 0 spiro atoms. The molecule has 2 aliphatic rings. The standard InChI is InChI=1S/C12H24N2O/c1-13-8-6-10(7-9-13)14(2)11-4-3-5-12(11)15/h10-12,15H,3-9H2,1-2H3/t11-,12-/m0/s1. The molecule has 1 aliphatic carbocycles. The van der Waals surface area contributed by atoms with E-state index in [1.54, 1.807) is 0 Å². The number of piperidine rings is 1. The Morgan fingerprint density at radius 2 is 1.80 bits per heavy atom. The third-order valence-corrected chi connectivity index (χ3v) is 4.23. The first-order chi connectivity index (χ1) is 7.18. The van der Waals surface area contributed by atoms with Crippen molar-refractivity contribution in [2.24, 2.45) is 0 Å². The van der Waals surface area contributed by atoms with Crippen molar-refractivity contribution in [2.45, 2.75) is 50.3 Å². The van der Waals surface area contributed by atoms with Crippen LogP contribution in [0.15, 0.2) is 0 Å². The monoisotopic (exact) mass is 212 g/mol. The molecule has 0 aromatic rings. The van der Waals surface area contributed by atoms with Crippen LogP contribution in [-0.2, 0) is 0 Å². The maximum absolute atomic E-state index is 9.89. The zero-order chi connectivity index (χ0) is 10.8. The lowest BCUT2D eigenvalue weighted by Gasteiger charge is -2.39. The highest BCUT2D eigenvalue weighted by atomic mass is 16.3. The lowest BCUT2D eigenvalue weighted by Crippen LogP contribution is -2.48. The second-order valence-corrected chi connectivity index (χ2v) is 5.27. The summed E-state index contributed by atoms with van der Waals surface area (Å²) in [5.74, 6) is 0. The topological polar surface area (TPSA) is 26.7 Å². The van der Waals surface area contributed by atoms with Crippen LogP contribution in [0.3, 0.4) is 0 Å². The lowest BCUT2D eigenvalue weighted by atomic mass is 10.0. The summed E-state index contributed by atoms with van der Waals surface area (Å²) < 4.78 is 0. The first-order valence-corrected chi connectivity index (χ1v) is 6.27. The van der Waals surface area contributed by atoms with Gasteiger partial charge in [-0.3, -0.25) is 4.90 Å². The summed E-state index contributed by atoms with van der Waals surface area (Å²) in [6.45, 7) is 2.41. The molecule has 0 aromatic heterocycles. The van der Waals surface area contributed by atoms with Gasteiger partial charge in [0.05, 0.1) is 6.10 Å². The van der Waals surface area contributed by atoms with Gasteiger partial charge >= 0.3 is 0 Å². The summed E-state index contributed by atoms with van der Waals surface area (Å²) in [5, 5.41) is 9.89. The van der Waals surface area contributed by atoms with Crippen LogP contribution in [0.1, 0.15) is 32.1 Å². The van der Waals surface area contributed by atoms with E-state index < -0.39 is 0 Å². The minimum absolute atomic E-state index is 0.0744. The molecule has 1 N–H and O–H groups in total. The van der Waals surface area contributed by atoms with Crippen molar-refractivity contribution >= 4 is 0 Å². The second kappa shape index (κ2) is 4.81. The number of aliphatic hydroxyl groups excluding tert-OH is 1. The van der Waals surface area contributed by atoms with Gasteiger partial charge < -0.3 is 10.0 Å². The molecule has 1 saturated heterocycles. The summed E-state index contributed by atoms with van der Waals surface area (Å²) in [7, 11) is 4.40. The van der Waals surface area contributed by atoms with Gasteiger partial charge in [-0.1, -0.05) is 0 Å². The summed E-state index contributed by atoms with van der Waals surface area (Å²) >= 11 is 0. The van der Waals surface area contributed by atoms with Crippen LogP contribution in [0.25, 0.3) is 0 Å². The molecule has 3 heteroatoms. The molecule has 2 rings (SSSR count). The molecule has 0 aromatic carbocycles. The number of hydrogen-bond acceptors (Lipinski definition) is 3. The number of aliphatic hydroxyl groups is 1. The van der Waals surface area contributed by atoms with E-state index in [9.17, 15) is 5.11 Å². The molecule has 0 bridgehead atoms. The zero-order valence-corrected chi connectivity index (χ0v) is 10.0. The Hall–Kier alpha value is -0.120. The van der Waals surface area contributed by atoms with Crippen LogP contribution in [0.2, 0.25) is 0 Å². The zero-order valence-electron chi connectivity index (χ0n) is 10.0. The Morgan fingerprint density at radius 3 is 2.33 bits per heavy atom. The lowest BCUT2D eigenvalue weighted by molar-refractivity contribution is 0.0407. The molecule has 0 amide bonds. The van der Waals surface area contributed by atoms with Crippen LogP contribution in [0, 0.1) is 0 Å². The van der Waals surface area contributed by atoms with E-state index in [0.717, 1.165) is 6.42 Å². The van der Waals surface area contributed by atoms with Gasteiger partial charge in [0.1, 0.15) is 0 Å². The highest BCUT2D eigenvalue weighted by Crippen LogP contribution is 2.27. The molecule has 2 atom stereocenters. The summed E-state index contributed by atoms with van der Waals surface area (Å²) in [5.41, 5.74) is 0. The minimum atomic E-state index is -0.0744. The van der Waals surface area contributed by atoms with E-state index in [-0.39, 0.29) is 6.10 Å². The summed E-state index contributed by atoms with van der Waals surface area (Å²) in [4.78, 5) is 4.85. The highest BCUT2D eigenvalue weighted by Gasteiger charge is 2.33. The van der Waals surface area contributed by atoms with Crippen molar-refractivity contribution in [1.29, 1.82) is 0 Å². The van der Waals surface area contributed by atoms with Crippen molar-refractivity contribution < 1.29 is 5.11 Å². The Bertz CT molecular complexity index is 202. The van der Waals surface area contributed by atoms with Crippen LogP contribution in [-0.4, -0.2) is 60.3 Å². The van der Waals surface area contributed by atoms with Crippen molar-refractivity contribution in [3.8, 4) is 0 Å². The average molecular weight is 212 g/mol. The molecular weight excluding hydrogens is 188 g/mol. The molecule has 88 valence electrons. The largest absolute Gasteiger partial charge is 0.391 e. The SMILES string of the molecule is CN1CCC(N(C)[C@H]2CCC[C@@H]2O)CC1. The predicted molar refractivity (Wildman–Crippen MR) is 61.9 cm³/mol. The van der Waals surface area contributed by atoms with E-state index in [0.29, 0.717) is 12.1 Å². The van der Waals surface area contributed by atoms with Crippen molar-refractivity contribution in [3.05, 3.63) is 0 Å². The number of likely N-dealkylation sites (N-methyl/N-ethyl adjacent to an activating group) is 1. The maximum atomic E-state index is 9.89. The third kappa shape index (κ3) is 2.52. The van der Waals surface area contributed by atoms with Crippen molar-refractivity contribution in [2.75, 3.05) is 27.2 Å². The fraction of sp³-hybridized carbons (Fsp3) is 1.00. The third-order valence-electron chi connectivity index (χ3n) is 4.23. The van der Waals surface area contributed by atoms with Crippen LogP contribution in [0.5, 0.6) is 0 Å². The Labute approximate surface area is 93.1 Å². The highest BCUT2D eigenvalue weighted by molar-refractivity contribution is 4.88. The quantitative estimate of drug-likeness (QED) is 0.737. The van der Waals surface area contributed by atoms with Crippen LogP contribution in [0.4, 0.5) is 0 Å². The summed E-state index contributed by atoms with van der Waals surface area (Å²) in [6.07, 6.45) is 5.83. The average Bonchev–Trinajstić information content (AvgIpc) is 2.65. The molecule has 1 saturated carbocycles. The number of rotatable bonds is 2. The van der Waals surface area contributed by atoms with Gasteiger partial charge in [0.2, 0.25) is 0 Å². The Kier molecular flexibility index (Phi) is 3.65.